The summed E-state index contributed by atoms with van der Waals surface area (Å²) in [6, 6.07) is 8.04. The van der Waals surface area contributed by atoms with Crippen LogP contribution in [0.25, 0.3) is 0 Å². The zero-order valence-corrected chi connectivity index (χ0v) is 14.0. The minimum atomic E-state index is -0.120. The first-order valence-corrected chi connectivity index (χ1v) is 8.57. The van der Waals surface area contributed by atoms with Crippen LogP contribution in [0.5, 0.6) is 0 Å². The number of benzene rings is 1. The Morgan fingerprint density at radius 1 is 1.24 bits per heavy atom. The van der Waals surface area contributed by atoms with Crippen LogP contribution >= 0.6 is 11.6 Å². The molecule has 3 atom stereocenters. The number of hydrogen-bond donors (Lipinski definition) is 1. The molecule has 1 aliphatic carbocycles. The summed E-state index contributed by atoms with van der Waals surface area (Å²) in [7, 11) is 2.14. The molecular formula is C18H28ClNO. The van der Waals surface area contributed by atoms with Crippen LogP contribution < -0.4 is 0 Å². The lowest BCUT2D eigenvalue weighted by molar-refractivity contribution is 0.0288. The van der Waals surface area contributed by atoms with Crippen molar-refractivity contribution in [2.24, 2.45) is 11.8 Å². The first-order valence-electron chi connectivity index (χ1n) is 8.19. The van der Waals surface area contributed by atoms with Gasteiger partial charge in [0.15, 0.2) is 0 Å². The van der Waals surface area contributed by atoms with E-state index in [1.807, 2.05) is 12.1 Å². The van der Waals surface area contributed by atoms with E-state index in [4.69, 9.17) is 11.6 Å². The average Bonchev–Trinajstić information content (AvgIpc) is 2.45. The Hall–Kier alpha value is -0.570. The Bertz CT molecular complexity index is 420. The van der Waals surface area contributed by atoms with Crippen molar-refractivity contribution in [3.63, 3.8) is 0 Å². The molecule has 0 bridgehead atoms. The van der Waals surface area contributed by atoms with Crippen LogP contribution in [-0.2, 0) is 6.54 Å². The molecule has 0 aliphatic heterocycles. The fraction of sp³-hybridized carbons (Fsp3) is 0.667. The van der Waals surface area contributed by atoms with Gasteiger partial charge in [-0.25, -0.2) is 0 Å². The van der Waals surface area contributed by atoms with E-state index in [0.29, 0.717) is 5.92 Å². The van der Waals surface area contributed by atoms with Gasteiger partial charge in [0.2, 0.25) is 0 Å². The molecule has 1 aliphatic rings. The summed E-state index contributed by atoms with van der Waals surface area (Å²) in [5.74, 6) is 1.24. The van der Waals surface area contributed by atoms with Gasteiger partial charge < -0.3 is 10.0 Å². The average molecular weight is 310 g/mol. The Labute approximate surface area is 134 Å². The highest BCUT2D eigenvalue weighted by Gasteiger charge is 2.29. The zero-order valence-electron chi connectivity index (χ0n) is 13.3. The summed E-state index contributed by atoms with van der Waals surface area (Å²) in [6.07, 6.45) is 5.81. The second-order valence-electron chi connectivity index (χ2n) is 6.62. The van der Waals surface area contributed by atoms with Crippen molar-refractivity contribution in [1.82, 2.24) is 4.90 Å². The minimum Gasteiger partial charge on any atom is -0.393 e. The Morgan fingerprint density at radius 3 is 2.62 bits per heavy atom. The molecule has 0 aromatic heterocycles. The first-order chi connectivity index (χ1) is 10.1. The smallest absolute Gasteiger partial charge is 0.0580 e. The van der Waals surface area contributed by atoms with Gasteiger partial charge in [-0.3, -0.25) is 0 Å². The van der Waals surface area contributed by atoms with Gasteiger partial charge in [0, 0.05) is 18.1 Å². The van der Waals surface area contributed by atoms with E-state index in [1.165, 1.54) is 31.2 Å². The number of hydrogen-bond acceptors (Lipinski definition) is 2. The molecule has 21 heavy (non-hydrogen) atoms. The lowest BCUT2D eigenvalue weighted by Gasteiger charge is -2.35. The van der Waals surface area contributed by atoms with E-state index < -0.39 is 0 Å². The molecule has 0 radical (unpaired) electrons. The van der Waals surface area contributed by atoms with Crippen molar-refractivity contribution >= 4 is 11.6 Å². The summed E-state index contributed by atoms with van der Waals surface area (Å²) >= 11 is 5.92. The molecule has 1 N–H and O–H groups in total. The molecule has 0 saturated heterocycles. The fourth-order valence-electron chi connectivity index (χ4n) is 3.58. The van der Waals surface area contributed by atoms with E-state index in [0.717, 1.165) is 30.5 Å². The molecule has 0 heterocycles. The molecule has 3 heteroatoms. The third-order valence-electron chi connectivity index (χ3n) is 4.66. The van der Waals surface area contributed by atoms with Gasteiger partial charge in [-0.1, -0.05) is 43.5 Å². The van der Waals surface area contributed by atoms with Gasteiger partial charge in [0.1, 0.15) is 0 Å². The fourth-order valence-corrected chi connectivity index (χ4v) is 3.70. The highest BCUT2D eigenvalue weighted by molar-refractivity contribution is 6.30. The normalized spacial score (nSPS) is 26.2. The number of rotatable bonds is 6. The van der Waals surface area contributed by atoms with E-state index >= 15 is 0 Å². The van der Waals surface area contributed by atoms with Gasteiger partial charge in [-0.05, 0) is 55.8 Å². The highest BCUT2D eigenvalue weighted by atomic mass is 35.5. The van der Waals surface area contributed by atoms with Crippen molar-refractivity contribution < 1.29 is 5.11 Å². The lowest BCUT2D eigenvalue weighted by Crippen LogP contribution is -2.37. The van der Waals surface area contributed by atoms with Crippen LogP contribution in [0.4, 0.5) is 0 Å². The molecule has 1 aromatic carbocycles. The molecule has 3 unspecified atom stereocenters. The molecule has 118 valence electrons. The van der Waals surface area contributed by atoms with Crippen LogP contribution in [0.2, 0.25) is 5.02 Å². The number of nitrogens with zero attached hydrogens (tertiary/aromatic N) is 1. The van der Waals surface area contributed by atoms with Crippen LogP contribution in [0.15, 0.2) is 24.3 Å². The third kappa shape index (κ3) is 5.28. The van der Waals surface area contributed by atoms with Crippen molar-refractivity contribution in [2.75, 3.05) is 13.6 Å². The molecule has 1 saturated carbocycles. The predicted octanol–water partition coefficient (Wildman–Crippen LogP) is 4.35. The lowest BCUT2D eigenvalue weighted by atomic mass is 9.77. The molecule has 0 amide bonds. The molecule has 0 spiro atoms. The van der Waals surface area contributed by atoms with Gasteiger partial charge in [-0.2, -0.15) is 0 Å². The van der Waals surface area contributed by atoms with Crippen LogP contribution in [0, 0.1) is 11.8 Å². The monoisotopic (exact) mass is 309 g/mol. The van der Waals surface area contributed by atoms with Gasteiger partial charge in [0.05, 0.1) is 6.10 Å². The number of halogens is 1. The van der Waals surface area contributed by atoms with Crippen LogP contribution in [0.3, 0.4) is 0 Å². The second-order valence-corrected chi connectivity index (χ2v) is 7.05. The second kappa shape index (κ2) is 8.17. The van der Waals surface area contributed by atoms with Crippen molar-refractivity contribution in [2.45, 2.75) is 51.7 Å². The molecule has 1 aromatic rings. The number of aliphatic hydroxyl groups is 1. The Balaban J connectivity index is 1.85. The zero-order chi connectivity index (χ0) is 15.2. The molecule has 1 fully saturated rings. The topological polar surface area (TPSA) is 23.5 Å². The van der Waals surface area contributed by atoms with E-state index in [2.05, 4.69) is 31.0 Å². The molecule has 2 rings (SSSR count). The minimum absolute atomic E-state index is 0.120. The van der Waals surface area contributed by atoms with Crippen LogP contribution in [0.1, 0.15) is 44.6 Å². The van der Waals surface area contributed by atoms with E-state index in [9.17, 15) is 5.11 Å². The standard InChI is InChI=1S/C18H28ClNO/c1-3-4-14-7-10-18(21)16(11-14)13-20(2)12-15-5-8-17(19)9-6-15/h5-6,8-9,14,16,18,21H,3-4,7,10-13H2,1-2H3. The summed E-state index contributed by atoms with van der Waals surface area (Å²) in [5, 5.41) is 11.0. The van der Waals surface area contributed by atoms with Gasteiger partial charge in [-0.15, -0.1) is 0 Å². The molecule has 2 nitrogen and oxygen atoms in total. The SMILES string of the molecule is CCCC1CCC(O)C(CN(C)Cc2ccc(Cl)cc2)C1. The summed E-state index contributed by atoms with van der Waals surface area (Å²) < 4.78 is 0. The molecular weight excluding hydrogens is 282 g/mol. The summed E-state index contributed by atoms with van der Waals surface area (Å²) in [5.41, 5.74) is 1.28. The number of aliphatic hydroxyl groups excluding tert-OH is 1. The van der Waals surface area contributed by atoms with Crippen molar-refractivity contribution in [3.8, 4) is 0 Å². The first kappa shape index (κ1) is 16.8. The summed E-state index contributed by atoms with van der Waals surface area (Å²) in [6.45, 7) is 4.15. The van der Waals surface area contributed by atoms with Gasteiger partial charge >= 0.3 is 0 Å². The predicted molar refractivity (Wildman–Crippen MR) is 89.5 cm³/mol. The van der Waals surface area contributed by atoms with Gasteiger partial charge in [0.25, 0.3) is 0 Å². The third-order valence-corrected chi connectivity index (χ3v) is 4.91. The van der Waals surface area contributed by atoms with E-state index in [1.54, 1.807) is 0 Å². The van der Waals surface area contributed by atoms with E-state index in [-0.39, 0.29) is 6.10 Å². The Morgan fingerprint density at radius 2 is 1.95 bits per heavy atom. The maximum Gasteiger partial charge on any atom is 0.0580 e. The van der Waals surface area contributed by atoms with Crippen molar-refractivity contribution in [1.29, 1.82) is 0 Å². The maximum absolute atomic E-state index is 10.3. The van der Waals surface area contributed by atoms with Crippen molar-refractivity contribution in [3.05, 3.63) is 34.9 Å². The Kier molecular flexibility index (Phi) is 6.53. The maximum atomic E-state index is 10.3. The summed E-state index contributed by atoms with van der Waals surface area (Å²) in [4.78, 5) is 2.32. The highest BCUT2D eigenvalue weighted by Crippen LogP contribution is 2.32. The van der Waals surface area contributed by atoms with Crippen LogP contribution in [-0.4, -0.2) is 29.7 Å². The quantitative estimate of drug-likeness (QED) is 0.844. The largest absolute Gasteiger partial charge is 0.393 e.